The fourth-order valence-corrected chi connectivity index (χ4v) is 4.13. The van der Waals surface area contributed by atoms with Crippen LogP contribution in [0.2, 0.25) is 0 Å². The van der Waals surface area contributed by atoms with Crippen LogP contribution in [0.4, 0.5) is 0 Å². The Morgan fingerprint density at radius 2 is 1.85 bits per heavy atom. The van der Waals surface area contributed by atoms with E-state index in [1.807, 2.05) is 0 Å². The summed E-state index contributed by atoms with van der Waals surface area (Å²) in [5, 5.41) is 3.35. The SMILES string of the molecule is CC1CCC(N)C(C(=O)NC2CCCCC2C(C)C)C1. The zero-order valence-electron chi connectivity index (χ0n) is 13.4. The molecule has 5 atom stereocenters. The van der Waals surface area contributed by atoms with Crippen molar-refractivity contribution < 1.29 is 4.79 Å². The second-order valence-corrected chi connectivity index (χ2v) is 7.50. The second kappa shape index (κ2) is 6.93. The molecule has 2 saturated carbocycles. The lowest BCUT2D eigenvalue weighted by molar-refractivity contribution is -0.128. The predicted octanol–water partition coefficient (Wildman–Crippen LogP) is 3.08. The van der Waals surface area contributed by atoms with Crippen LogP contribution in [0.1, 0.15) is 65.7 Å². The topological polar surface area (TPSA) is 55.1 Å². The molecule has 2 aliphatic rings. The number of hydrogen-bond acceptors (Lipinski definition) is 2. The van der Waals surface area contributed by atoms with Crippen LogP contribution in [0.25, 0.3) is 0 Å². The van der Waals surface area contributed by atoms with Crippen LogP contribution in [0, 0.1) is 23.7 Å². The van der Waals surface area contributed by atoms with Crippen LogP contribution in [-0.2, 0) is 4.79 Å². The van der Waals surface area contributed by atoms with Gasteiger partial charge in [-0.25, -0.2) is 0 Å². The summed E-state index contributed by atoms with van der Waals surface area (Å²) in [6, 6.07) is 0.438. The molecule has 0 radical (unpaired) electrons. The van der Waals surface area contributed by atoms with Gasteiger partial charge in [-0.1, -0.05) is 33.6 Å². The summed E-state index contributed by atoms with van der Waals surface area (Å²) in [7, 11) is 0. The van der Waals surface area contributed by atoms with Crippen LogP contribution in [0.5, 0.6) is 0 Å². The van der Waals surface area contributed by atoms with Crippen LogP contribution in [0.3, 0.4) is 0 Å². The van der Waals surface area contributed by atoms with Crippen LogP contribution >= 0.6 is 0 Å². The number of amides is 1. The third-order valence-corrected chi connectivity index (χ3v) is 5.51. The first kappa shape index (κ1) is 15.8. The molecule has 0 aliphatic heterocycles. The second-order valence-electron chi connectivity index (χ2n) is 7.50. The molecule has 20 heavy (non-hydrogen) atoms. The lowest BCUT2D eigenvalue weighted by Crippen LogP contribution is -2.51. The Morgan fingerprint density at radius 3 is 2.55 bits per heavy atom. The van der Waals surface area contributed by atoms with Gasteiger partial charge < -0.3 is 11.1 Å². The zero-order chi connectivity index (χ0) is 14.7. The smallest absolute Gasteiger partial charge is 0.224 e. The molecule has 0 spiro atoms. The van der Waals surface area contributed by atoms with Gasteiger partial charge in [-0.2, -0.15) is 0 Å². The first-order chi connectivity index (χ1) is 9.49. The molecule has 2 rings (SSSR count). The van der Waals surface area contributed by atoms with Crippen molar-refractivity contribution in [3.8, 4) is 0 Å². The molecule has 3 heteroatoms. The molecule has 2 fully saturated rings. The molecule has 116 valence electrons. The van der Waals surface area contributed by atoms with Crippen molar-refractivity contribution in [2.45, 2.75) is 77.8 Å². The van der Waals surface area contributed by atoms with Gasteiger partial charge in [-0.05, 0) is 49.9 Å². The lowest BCUT2D eigenvalue weighted by atomic mass is 9.76. The number of hydrogen-bond donors (Lipinski definition) is 2. The van der Waals surface area contributed by atoms with Gasteiger partial charge in [0.05, 0.1) is 5.92 Å². The summed E-state index contributed by atoms with van der Waals surface area (Å²) in [5.74, 6) is 2.19. The minimum Gasteiger partial charge on any atom is -0.353 e. The van der Waals surface area contributed by atoms with E-state index in [0.717, 1.165) is 19.3 Å². The highest BCUT2D eigenvalue weighted by Gasteiger charge is 2.35. The first-order valence-corrected chi connectivity index (χ1v) is 8.55. The molecule has 0 aromatic rings. The van der Waals surface area contributed by atoms with E-state index >= 15 is 0 Å². The Labute approximate surface area is 124 Å². The molecular formula is C17H32N2O. The Hall–Kier alpha value is -0.570. The van der Waals surface area contributed by atoms with E-state index in [-0.39, 0.29) is 17.9 Å². The van der Waals surface area contributed by atoms with Gasteiger partial charge in [0.25, 0.3) is 0 Å². The minimum absolute atomic E-state index is 0.0356. The molecule has 0 bridgehead atoms. The average Bonchev–Trinajstić information content (AvgIpc) is 2.41. The lowest BCUT2D eigenvalue weighted by Gasteiger charge is -2.38. The van der Waals surface area contributed by atoms with Crippen molar-refractivity contribution >= 4 is 5.91 Å². The Kier molecular flexibility index (Phi) is 5.48. The van der Waals surface area contributed by atoms with Gasteiger partial charge in [0.2, 0.25) is 5.91 Å². The van der Waals surface area contributed by atoms with Crippen molar-refractivity contribution in [1.29, 1.82) is 0 Å². The quantitative estimate of drug-likeness (QED) is 0.834. The normalized spacial score (nSPS) is 38.8. The fraction of sp³-hybridized carbons (Fsp3) is 0.941. The van der Waals surface area contributed by atoms with Crippen LogP contribution in [-0.4, -0.2) is 18.0 Å². The summed E-state index contributed by atoms with van der Waals surface area (Å²) in [4.78, 5) is 12.6. The summed E-state index contributed by atoms with van der Waals surface area (Å²) < 4.78 is 0. The van der Waals surface area contributed by atoms with Gasteiger partial charge in [-0.15, -0.1) is 0 Å². The third-order valence-electron chi connectivity index (χ3n) is 5.51. The summed E-state index contributed by atoms with van der Waals surface area (Å²) in [6.45, 7) is 6.80. The van der Waals surface area contributed by atoms with Crippen molar-refractivity contribution in [2.24, 2.45) is 29.4 Å². The van der Waals surface area contributed by atoms with E-state index in [1.165, 1.54) is 25.7 Å². The van der Waals surface area contributed by atoms with Crippen molar-refractivity contribution in [2.75, 3.05) is 0 Å². The Balaban J connectivity index is 1.95. The Bertz CT molecular complexity index is 329. The molecule has 5 unspecified atom stereocenters. The average molecular weight is 280 g/mol. The summed E-state index contributed by atoms with van der Waals surface area (Å²) in [5.41, 5.74) is 6.18. The molecule has 3 N–H and O–H groups in total. The molecule has 1 amide bonds. The number of nitrogens with one attached hydrogen (secondary N) is 1. The van der Waals surface area contributed by atoms with E-state index in [1.54, 1.807) is 0 Å². The highest BCUT2D eigenvalue weighted by atomic mass is 16.2. The van der Waals surface area contributed by atoms with Gasteiger partial charge >= 0.3 is 0 Å². The van der Waals surface area contributed by atoms with Gasteiger partial charge in [-0.3, -0.25) is 4.79 Å². The molecule has 0 saturated heterocycles. The van der Waals surface area contributed by atoms with E-state index in [0.29, 0.717) is 23.8 Å². The number of carbonyl (C=O) groups excluding carboxylic acids is 1. The van der Waals surface area contributed by atoms with Crippen molar-refractivity contribution in [3.63, 3.8) is 0 Å². The highest BCUT2D eigenvalue weighted by Crippen LogP contribution is 2.32. The summed E-state index contributed by atoms with van der Waals surface area (Å²) >= 11 is 0. The maximum Gasteiger partial charge on any atom is 0.224 e. The van der Waals surface area contributed by atoms with Gasteiger partial charge in [0.15, 0.2) is 0 Å². The first-order valence-electron chi connectivity index (χ1n) is 8.55. The molecule has 0 aromatic carbocycles. The monoisotopic (exact) mass is 280 g/mol. The minimum atomic E-state index is 0.0356. The van der Waals surface area contributed by atoms with E-state index < -0.39 is 0 Å². The molecule has 0 aromatic heterocycles. The molecule has 3 nitrogen and oxygen atoms in total. The maximum atomic E-state index is 12.6. The van der Waals surface area contributed by atoms with Crippen molar-refractivity contribution in [1.82, 2.24) is 5.32 Å². The maximum absolute atomic E-state index is 12.6. The molecule has 2 aliphatic carbocycles. The van der Waals surface area contributed by atoms with Crippen molar-refractivity contribution in [3.05, 3.63) is 0 Å². The number of rotatable bonds is 3. The van der Waals surface area contributed by atoms with E-state index in [9.17, 15) is 4.79 Å². The number of carbonyl (C=O) groups is 1. The third kappa shape index (κ3) is 3.75. The fourth-order valence-electron chi connectivity index (χ4n) is 4.13. The molecule has 0 heterocycles. The largest absolute Gasteiger partial charge is 0.353 e. The zero-order valence-corrected chi connectivity index (χ0v) is 13.4. The van der Waals surface area contributed by atoms with Crippen LogP contribution < -0.4 is 11.1 Å². The van der Waals surface area contributed by atoms with Gasteiger partial charge in [0, 0.05) is 12.1 Å². The predicted molar refractivity (Wildman–Crippen MR) is 83.2 cm³/mol. The Morgan fingerprint density at radius 1 is 1.15 bits per heavy atom. The molecular weight excluding hydrogens is 248 g/mol. The van der Waals surface area contributed by atoms with Crippen LogP contribution in [0.15, 0.2) is 0 Å². The van der Waals surface area contributed by atoms with E-state index in [4.69, 9.17) is 5.73 Å². The highest BCUT2D eigenvalue weighted by molar-refractivity contribution is 5.79. The number of nitrogens with two attached hydrogens (primary N) is 1. The summed E-state index contributed by atoms with van der Waals surface area (Å²) in [6.07, 6.45) is 8.10. The van der Waals surface area contributed by atoms with E-state index in [2.05, 4.69) is 26.1 Å². The van der Waals surface area contributed by atoms with Gasteiger partial charge in [0.1, 0.15) is 0 Å². The standard InChI is InChI=1S/C17H32N2O/c1-11(2)13-6-4-5-7-16(13)19-17(20)14-10-12(3)8-9-15(14)18/h11-16H,4-10,18H2,1-3H3,(H,19,20).